The molecular weight excluding hydrogens is 387 g/mol. The molecule has 3 fully saturated rings. The molecule has 1 atom stereocenters. The molecule has 3 heterocycles. The third kappa shape index (κ3) is 4.16. The zero-order chi connectivity index (χ0) is 21.3. The number of amides is 1. The summed E-state index contributed by atoms with van der Waals surface area (Å²) in [7, 11) is 0. The standard InChI is InChI=1S/C23H25FN2O4/c1-15-17(3-2-4-20(15)22(27)28)13-26(19-7-5-18(24)6-8-19)23(29)30-21-14-25-11-9-16(21)10-12-25/h2-8,16,21H,9-14H2,1H3,(H,27,28). The number of piperidine rings is 3. The molecule has 0 spiro atoms. The summed E-state index contributed by atoms with van der Waals surface area (Å²) in [6, 6.07) is 10.6. The molecule has 3 saturated heterocycles. The van der Waals surface area contributed by atoms with Crippen molar-refractivity contribution < 1.29 is 23.8 Å². The van der Waals surface area contributed by atoms with Crippen LogP contribution < -0.4 is 4.90 Å². The number of nitrogens with zero attached hydrogens (tertiary/aromatic N) is 2. The lowest BCUT2D eigenvalue weighted by molar-refractivity contribution is -0.0311. The first-order valence-corrected chi connectivity index (χ1v) is 10.2. The highest BCUT2D eigenvalue weighted by Crippen LogP contribution is 2.31. The summed E-state index contributed by atoms with van der Waals surface area (Å²) in [5.41, 5.74) is 1.98. The number of anilines is 1. The monoisotopic (exact) mass is 412 g/mol. The van der Waals surface area contributed by atoms with Gasteiger partial charge in [0.05, 0.1) is 12.1 Å². The van der Waals surface area contributed by atoms with Crippen LogP contribution in [-0.4, -0.2) is 47.8 Å². The van der Waals surface area contributed by atoms with E-state index in [9.17, 15) is 19.1 Å². The summed E-state index contributed by atoms with van der Waals surface area (Å²) in [4.78, 5) is 28.4. The SMILES string of the molecule is Cc1c(CN(C(=O)OC2CN3CCC2CC3)c2ccc(F)cc2)cccc1C(=O)O. The molecule has 6 nitrogen and oxygen atoms in total. The maximum Gasteiger partial charge on any atom is 0.414 e. The number of halogens is 1. The van der Waals surface area contributed by atoms with E-state index in [-0.39, 0.29) is 18.2 Å². The Balaban J connectivity index is 1.60. The average Bonchev–Trinajstić information content (AvgIpc) is 2.74. The van der Waals surface area contributed by atoms with Gasteiger partial charge in [-0.05, 0) is 80.2 Å². The van der Waals surface area contributed by atoms with Crippen LogP contribution in [0.1, 0.15) is 34.3 Å². The molecule has 1 unspecified atom stereocenters. The van der Waals surface area contributed by atoms with Crippen molar-refractivity contribution in [1.82, 2.24) is 4.90 Å². The van der Waals surface area contributed by atoms with E-state index in [1.165, 1.54) is 35.2 Å². The molecule has 0 radical (unpaired) electrons. The summed E-state index contributed by atoms with van der Waals surface area (Å²) in [6.45, 7) is 4.68. The van der Waals surface area contributed by atoms with Gasteiger partial charge < -0.3 is 9.84 Å². The fraction of sp³-hybridized carbons (Fsp3) is 0.391. The maximum atomic E-state index is 13.5. The van der Waals surface area contributed by atoms with Gasteiger partial charge in [0.2, 0.25) is 0 Å². The molecule has 0 aliphatic carbocycles. The zero-order valence-corrected chi connectivity index (χ0v) is 16.9. The van der Waals surface area contributed by atoms with Crippen LogP contribution in [-0.2, 0) is 11.3 Å². The first kappa shape index (κ1) is 20.3. The Bertz CT molecular complexity index is 939. The number of hydrogen-bond acceptors (Lipinski definition) is 4. The van der Waals surface area contributed by atoms with Gasteiger partial charge in [0.15, 0.2) is 0 Å². The lowest BCUT2D eigenvalue weighted by Gasteiger charge is -2.44. The summed E-state index contributed by atoms with van der Waals surface area (Å²) in [5.74, 6) is -1.04. The Hall–Kier alpha value is -2.93. The molecule has 0 aromatic heterocycles. The van der Waals surface area contributed by atoms with Crippen LogP contribution in [0.2, 0.25) is 0 Å². The minimum atomic E-state index is -1.02. The summed E-state index contributed by atoms with van der Waals surface area (Å²) in [5, 5.41) is 9.41. The summed E-state index contributed by atoms with van der Waals surface area (Å²) < 4.78 is 19.4. The first-order valence-electron chi connectivity index (χ1n) is 10.2. The van der Waals surface area contributed by atoms with E-state index in [0.29, 0.717) is 22.7 Å². The van der Waals surface area contributed by atoms with Crippen molar-refractivity contribution >= 4 is 17.7 Å². The number of carbonyl (C=O) groups is 2. The molecule has 1 N–H and O–H groups in total. The lowest BCUT2D eigenvalue weighted by atomic mass is 9.86. The third-order valence-corrected chi connectivity index (χ3v) is 6.21. The number of carboxylic acid groups (broad SMARTS) is 1. The number of ether oxygens (including phenoxy) is 1. The Morgan fingerprint density at radius 3 is 2.47 bits per heavy atom. The highest BCUT2D eigenvalue weighted by atomic mass is 19.1. The van der Waals surface area contributed by atoms with Gasteiger partial charge in [0.25, 0.3) is 0 Å². The highest BCUT2D eigenvalue weighted by Gasteiger charge is 2.37. The fourth-order valence-electron chi connectivity index (χ4n) is 4.38. The Morgan fingerprint density at radius 2 is 1.87 bits per heavy atom. The molecule has 5 rings (SSSR count). The number of hydrogen-bond donors (Lipinski definition) is 1. The van der Waals surface area contributed by atoms with Crippen molar-refractivity contribution in [2.45, 2.75) is 32.4 Å². The van der Waals surface area contributed by atoms with Crippen molar-refractivity contribution in [2.24, 2.45) is 5.92 Å². The van der Waals surface area contributed by atoms with Crippen molar-refractivity contribution in [2.75, 3.05) is 24.5 Å². The minimum absolute atomic E-state index is 0.137. The topological polar surface area (TPSA) is 70.1 Å². The van der Waals surface area contributed by atoms with Gasteiger partial charge in [0, 0.05) is 12.2 Å². The number of fused-ring (bicyclic) bond motifs is 3. The Labute approximate surface area is 174 Å². The van der Waals surface area contributed by atoms with Crippen LogP contribution in [0.5, 0.6) is 0 Å². The van der Waals surface area contributed by atoms with Crippen molar-refractivity contribution in [1.29, 1.82) is 0 Å². The number of carbonyl (C=O) groups excluding carboxylic acids is 1. The number of aromatic carboxylic acids is 1. The number of rotatable bonds is 5. The number of benzene rings is 2. The van der Waals surface area contributed by atoms with E-state index in [1.807, 2.05) is 0 Å². The largest absolute Gasteiger partial charge is 0.478 e. The van der Waals surface area contributed by atoms with Crippen LogP contribution >= 0.6 is 0 Å². The van der Waals surface area contributed by atoms with Gasteiger partial charge in [-0.3, -0.25) is 9.80 Å². The number of carboxylic acids is 1. The minimum Gasteiger partial charge on any atom is -0.478 e. The first-order chi connectivity index (χ1) is 14.4. The van der Waals surface area contributed by atoms with Crippen LogP contribution in [0.3, 0.4) is 0 Å². The summed E-state index contributed by atoms with van der Waals surface area (Å²) >= 11 is 0. The van der Waals surface area contributed by atoms with E-state index in [4.69, 9.17) is 4.74 Å². The van der Waals surface area contributed by atoms with E-state index < -0.39 is 17.9 Å². The summed E-state index contributed by atoms with van der Waals surface area (Å²) in [6.07, 6.45) is 1.39. The molecule has 1 amide bonds. The molecule has 2 bridgehead atoms. The molecule has 2 aromatic carbocycles. The lowest BCUT2D eigenvalue weighted by Crippen LogP contribution is -2.53. The Kier molecular flexibility index (Phi) is 5.72. The van der Waals surface area contributed by atoms with Crippen molar-refractivity contribution in [3.63, 3.8) is 0 Å². The van der Waals surface area contributed by atoms with Gasteiger partial charge in [-0.1, -0.05) is 12.1 Å². The molecular formula is C23H25FN2O4. The van der Waals surface area contributed by atoms with Crippen LogP contribution in [0.15, 0.2) is 42.5 Å². The predicted octanol–water partition coefficient (Wildman–Crippen LogP) is 4.07. The normalized spacial score (nSPS) is 22.5. The van der Waals surface area contributed by atoms with Gasteiger partial charge in [-0.2, -0.15) is 0 Å². The van der Waals surface area contributed by atoms with Gasteiger partial charge in [-0.15, -0.1) is 0 Å². The molecule has 3 aliphatic rings. The van der Waals surface area contributed by atoms with Crippen LogP contribution in [0, 0.1) is 18.7 Å². The quantitative estimate of drug-likeness (QED) is 0.802. The molecule has 3 aliphatic heterocycles. The Morgan fingerprint density at radius 1 is 1.17 bits per heavy atom. The van der Waals surface area contributed by atoms with Gasteiger partial charge >= 0.3 is 12.1 Å². The van der Waals surface area contributed by atoms with Crippen LogP contribution in [0.4, 0.5) is 14.9 Å². The fourth-order valence-corrected chi connectivity index (χ4v) is 4.38. The second-order valence-electron chi connectivity index (χ2n) is 8.02. The van der Waals surface area contributed by atoms with Gasteiger partial charge in [-0.25, -0.2) is 14.0 Å². The molecule has 158 valence electrons. The van der Waals surface area contributed by atoms with E-state index in [2.05, 4.69) is 4.90 Å². The molecule has 0 saturated carbocycles. The zero-order valence-electron chi connectivity index (χ0n) is 16.9. The molecule has 30 heavy (non-hydrogen) atoms. The third-order valence-electron chi connectivity index (χ3n) is 6.21. The van der Waals surface area contributed by atoms with Gasteiger partial charge in [0.1, 0.15) is 11.9 Å². The van der Waals surface area contributed by atoms with E-state index in [1.54, 1.807) is 19.1 Å². The van der Waals surface area contributed by atoms with E-state index in [0.717, 1.165) is 32.5 Å². The second-order valence-corrected chi connectivity index (χ2v) is 8.02. The van der Waals surface area contributed by atoms with E-state index >= 15 is 0 Å². The second kappa shape index (κ2) is 8.44. The highest BCUT2D eigenvalue weighted by molar-refractivity contribution is 5.90. The smallest absolute Gasteiger partial charge is 0.414 e. The predicted molar refractivity (Wildman–Crippen MR) is 110 cm³/mol. The van der Waals surface area contributed by atoms with Crippen molar-refractivity contribution in [3.8, 4) is 0 Å². The van der Waals surface area contributed by atoms with Crippen molar-refractivity contribution in [3.05, 3.63) is 65.0 Å². The maximum absolute atomic E-state index is 13.5. The average molecular weight is 412 g/mol. The molecule has 7 heteroatoms. The van der Waals surface area contributed by atoms with Crippen LogP contribution in [0.25, 0.3) is 0 Å². The molecule has 2 aromatic rings.